The van der Waals surface area contributed by atoms with Gasteiger partial charge in [0, 0.05) is 24.2 Å². The lowest BCUT2D eigenvalue weighted by molar-refractivity contribution is 0.0698. The first-order valence-corrected chi connectivity index (χ1v) is 11.5. The molecule has 0 spiro atoms. The molecule has 0 radical (unpaired) electrons. The Kier molecular flexibility index (Phi) is 6.15. The minimum atomic E-state index is 0.00890. The number of carbonyl (C=O) groups is 1. The summed E-state index contributed by atoms with van der Waals surface area (Å²) in [7, 11) is 0. The summed E-state index contributed by atoms with van der Waals surface area (Å²) in [4.78, 5) is 14.9. The van der Waals surface area contributed by atoms with Gasteiger partial charge in [0.2, 0.25) is 18.6 Å². The molecule has 2 aliphatic rings. The van der Waals surface area contributed by atoms with E-state index in [0.717, 1.165) is 37.0 Å². The number of hydrogen-bond acceptors (Lipinski definition) is 7. The van der Waals surface area contributed by atoms with E-state index in [1.54, 1.807) is 0 Å². The molecular weight excluding hydrogens is 422 g/mol. The van der Waals surface area contributed by atoms with Gasteiger partial charge in [-0.05, 0) is 61.7 Å². The molecule has 1 atom stereocenters. The molecule has 1 fully saturated rings. The zero-order valence-electron chi connectivity index (χ0n) is 18.7. The van der Waals surface area contributed by atoms with Crippen molar-refractivity contribution in [3.63, 3.8) is 0 Å². The van der Waals surface area contributed by atoms with Crippen LogP contribution in [0.5, 0.6) is 17.2 Å². The van der Waals surface area contributed by atoms with Crippen molar-refractivity contribution in [3.05, 3.63) is 53.9 Å². The molecule has 1 unspecified atom stereocenters. The highest BCUT2D eigenvalue weighted by Crippen LogP contribution is 2.36. The zero-order valence-corrected chi connectivity index (χ0v) is 18.7. The van der Waals surface area contributed by atoms with Crippen LogP contribution in [-0.4, -0.2) is 47.5 Å². The van der Waals surface area contributed by atoms with Crippen LogP contribution in [0.3, 0.4) is 0 Å². The minimum Gasteiger partial charge on any atom is -0.494 e. The highest BCUT2D eigenvalue weighted by Gasteiger charge is 2.29. The minimum absolute atomic E-state index is 0.00890. The highest BCUT2D eigenvalue weighted by atomic mass is 16.7. The summed E-state index contributed by atoms with van der Waals surface area (Å²) < 4.78 is 22.5. The summed E-state index contributed by atoms with van der Waals surface area (Å²) >= 11 is 0. The Balaban J connectivity index is 1.24. The number of benzene rings is 2. The average molecular weight is 450 g/mol. The smallest absolute Gasteiger partial charge is 0.253 e. The number of likely N-dealkylation sites (tertiary alicyclic amines) is 1. The van der Waals surface area contributed by atoms with Crippen molar-refractivity contribution in [2.24, 2.45) is 0 Å². The Morgan fingerprint density at radius 3 is 2.82 bits per heavy atom. The summed E-state index contributed by atoms with van der Waals surface area (Å²) in [6.45, 7) is 4.30. The topological polar surface area (TPSA) is 86.9 Å². The summed E-state index contributed by atoms with van der Waals surface area (Å²) in [6.07, 6.45) is 3.89. The molecule has 8 heteroatoms. The predicted molar refractivity (Wildman–Crippen MR) is 121 cm³/mol. The van der Waals surface area contributed by atoms with Gasteiger partial charge in [-0.2, -0.15) is 0 Å². The summed E-state index contributed by atoms with van der Waals surface area (Å²) in [5.41, 5.74) is 1.44. The first-order valence-electron chi connectivity index (χ1n) is 11.5. The molecule has 0 aliphatic carbocycles. The second kappa shape index (κ2) is 9.52. The monoisotopic (exact) mass is 449 g/mol. The van der Waals surface area contributed by atoms with Crippen molar-refractivity contribution >= 4 is 5.91 Å². The molecule has 0 N–H and O–H groups in total. The van der Waals surface area contributed by atoms with Gasteiger partial charge in [0.15, 0.2) is 11.5 Å². The second-order valence-corrected chi connectivity index (χ2v) is 8.33. The van der Waals surface area contributed by atoms with Crippen molar-refractivity contribution in [1.82, 2.24) is 15.1 Å². The number of piperidine rings is 1. The maximum atomic E-state index is 13.1. The van der Waals surface area contributed by atoms with Crippen LogP contribution in [0, 0.1) is 0 Å². The van der Waals surface area contributed by atoms with Gasteiger partial charge in [-0.1, -0.05) is 13.3 Å². The van der Waals surface area contributed by atoms with Gasteiger partial charge in [-0.3, -0.25) is 4.79 Å². The first-order chi connectivity index (χ1) is 16.2. The maximum Gasteiger partial charge on any atom is 0.253 e. The van der Waals surface area contributed by atoms with Crippen LogP contribution in [0.1, 0.15) is 54.8 Å². The highest BCUT2D eigenvalue weighted by molar-refractivity contribution is 5.94. The van der Waals surface area contributed by atoms with E-state index < -0.39 is 0 Å². The fourth-order valence-corrected chi connectivity index (χ4v) is 4.12. The van der Waals surface area contributed by atoms with E-state index in [4.69, 9.17) is 18.6 Å². The maximum absolute atomic E-state index is 13.1. The van der Waals surface area contributed by atoms with E-state index in [1.165, 1.54) is 0 Å². The lowest BCUT2D eigenvalue weighted by atomic mass is 9.97. The molecule has 0 bridgehead atoms. The van der Waals surface area contributed by atoms with Crippen LogP contribution >= 0.6 is 0 Å². The van der Waals surface area contributed by atoms with Gasteiger partial charge >= 0.3 is 0 Å². The van der Waals surface area contributed by atoms with Crippen LogP contribution in [0.25, 0.3) is 11.5 Å². The predicted octanol–water partition coefficient (Wildman–Crippen LogP) is 4.66. The molecule has 2 aromatic carbocycles. The number of aromatic nitrogens is 2. The van der Waals surface area contributed by atoms with E-state index in [9.17, 15) is 4.79 Å². The Morgan fingerprint density at radius 1 is 1.12 bits per heavy atom. The van der Waals surface area contributed by atoms with Crippen molar-refractivity contribution in [3.8, 4) is 28.7 Å². The molecule has 33 heavy (non-hydrogen) atoms. The third-order valence-corrected chi connectivity index (χ3v) is 5.99. The molecule has 2 aliphatic heterocycles. The van der Waals surface area contributed by atoms with E-state index >= 15 is 0 Å². The van der Waals surface area contributed by atoms with E-state index in [1.807, 2.05) is 47.4 Å². The molecule has 8 nitrogen and oxygen atoms in total. The number of unbranched alkanes of at least 4 members (excludes halogenated alkanes) is 1. The standard InChI is InChI=1S/C25H27N3O5/c1-2-3-13-30-20-9-6-17(7-10-20)25(29)28-12-4-5-19(15-28)24-27-26-23(33-24)18-8-11-21-22(14-18)32-16-31-21/h6-11,14,19H,2-5,12-13,15-16H2,1H3. The lowest BCUT2D eigenvalue weighted by Crippen LogP contribution is -2.39. The molecule has 3 heterocycles. The third-order valence-electron chi connectivity index (χ3n) is 5.99. The van der Waals surface area contributed by atoms with E-state index in [2.05, 4.69) is 17.1 Å². The third kappa shape index (κ3) is 4.65. The van der Waals surface area contributed by atoms with Crippen LogP contribution in [0.2, 0.25) is 0 Å². The Hall–Kier alpha value is -3.55. The number of carbonyl (C=O) groups excluding carboxylic acids is 1. The number of amides is 1. The van der Waals surface area contributed by atoms with Crippen LogP contribution in [0.4, 0.5) is 0 Å². The van der Waals surface area contributed by atoms with Crippen molar-refractivity contribution in [1.29, 1.82) is 0 Å². The molecular formula is C25H27N3O5. The zero-order chi connectivity index (χ0) is 22.6. The van der Waals surface area contributed by atoms with Gasteiger partial charge in [0.1, 0.15) is 5.75 Å². The largest absolute Gasteiger partial charge is 0.494 e. The molecule has 3 aromatic rings. The average Bonchev–Trinajstić information content (AvgIpc) is 3.54. The van der Waals surface area contributed by atoms with Crippen LogP contribution in [-0.2, 0) is 0 Å². The molecule has 172 valence electrons. The number of ether oxygens (including phenoxy) is 3. The molecule has 0 saturated carbocycles. The van der Waals surface area contributed by atoms with Crippen molar-refractivity contribution < 1.29 is 23.4 Å². The van der Waals surface area contributed by atoms with Crippen LogP contribution < -0.4 is 14.2 Å². The van der Waals surface area contributed by atoms with Gasteiger partial charge in [0.25, 0.3) is 5.91 Å². The quantitative estimate of drug-likeness (QED) is 0.485. The summed E-state index contributed by atoms with van der Waals surface area (Å²) in [6, 6.07) is 12.9. The van der Waals surface area contributed by atoms with Gasteiger partial charge < -0.3 is 23.5 Å². The van der Waals surface area contributed by atoms with E-state index in [-0.39, 0.29) is 18.6 Å². The number of rotatable bonds is 7. The van der Waals surface area contributed by atoms with E-state index in [0.29, 0.717) is 48.5 Å². The molecule has 1 saturated heterocycles. The summed E-state index contributed by atoms with van der Waals surface area (Å²) in [5.74, 6) is 3.18. The number of nitrogens with zero attached hydrogens (tertiary/aromatic N) is 3. The van der Waals surface area contributed by atoms with Gasteiger partial charge in [-0.15, -0.1) is 10.2 Å². The Labute approximate surface area is 192 Å². The Bertz CT molecular complexity index is 1110. The lowest BCUT2D eigenvalue weighted by Gasteiger charge is -2.31. The first kappa shape index (κ1) is 21.3. The Morgan fingerprint density at radius 2 is 1.97 bits per heavy atom. The SMILES string of the molecule is CCCCOc1ccc(C(=O)N2CCCC(c3nnc(-c4ccc5c(c4)OCO5)o3)C2)cc1. The molecule has 1 aromatic heterocycles. The second-order valence-electron chi connectivity index (χ2n) is 8.33. The summed E-state index contributed by atoms with van der Waals surface area (Å²) in [5, 5.41) is 8.51. The van der Waals surface area contributed by atoms with Crippen molar-refractivity contribution in [2.75, 3.05) is 26.5 Å². The molecule has 5 rings (SSSR count). The van der Waals surface area contributed by atoms with Crippen molar-refractivity contribution in [2.45, 2.75) is 38.5 Å². The number of hydrogen-bond donors (Lipinski definition) is 0. The number of fused-ring (bicyclic) bond motifs is 1. The van der Waals surface area contributed by atoms with Crippen LogP contribution in [0.15, 0.2) is 46.9 Å². The van der Waals surface area contributed by atoms with Gasteiger partial charge in [0.05, 0.1) is 12.5 Å². The van der Waals surface area contributed by atoms with Gasteiger partial charge in [-0.25, -0.2) is 0 Å². The molecule has 1 amide bonds. The fraction of sp³-hybridized carbons (Fsp3) is 0.400. The normalized spacial score (nSPS) is 17.2. The fourth-order valence-electron chi connectivity index (χ4n) is 4.12.